The SMILES string of the molecule is Cc1[nH]c(NC(=O)CSc2nc(N)cc(N)n2)c(C#N)c1C. The summed E-state index contributed by atoms with van der Waals surface area (Å²) in [4.78, 5) is 22.9. The van der Waals surface area contributed by atoms with Gasteiger partial charge in [0.05, 0.1) is 11.3 Å². The number of anilines is 3. The second-order valence-electron chi connectivity index (χ2n) is 4.57. The molecule has 22 heavy (non-hydrogen) atoms. The van der Waals surface area contributed by atoms with Gasteiger partial charge in [-0.1, -0.05) is 11.8 Å². The monoisotopic (exact) mass is 317 g/mol. The summed E-state index contributed by atoms with van der Waals surface area (Å²) in [5.41, 5.74) is 13.2. The Hall–Kier alpha value is -2.73. The fraction of sp³-hybridized carbons (Fsp3) is 0.231. The Morgan fingerprint density at radius 3 is 2.64 bits per heavy atom. The molecule has 0 aliphatic heterocycles. The van der Waals surface area contributed by atoms with E-state index in [1.165, 1.54) is 6.07 Å². The van der Waals surface area contributed by atoms with E-state index in [2.05, 4.69) is 26.3 Å². The number of hydrogen-bond acceptors (Lipinski definition) is 7. The Kier molecular flexibility index (Phi) is 4.53. The average Bonchev–Trinajstić information content (AvgIpc) is 2.70. The highest BCUT2D eigenvalue weighted by Crippen LogP contribution is 2.22. The van der Waals surface area contributed by atoms with Crippen LogP contribution in [-0.2, 0) is 4.79 Å². The maximum atomic E-state index is 12.0. The van der Waals surface area contributed by atoms with E-state index < -0.39 is 0 Å². The Bertz CT molecular complexity index is 742. The quantitative estimate of drug-likeness (QED) is 0.489. The van der Waals surface area contributed by atoms with E-state index in [0.29, 0.717) is 16.5 Å². The van der Waals surface area contributed by atoms with Gasteiger partial charge in [0.25, 0.3) is 0 Å². The molecule has 0 spiro atoms. The first-order chi connectivity index (χ1) is 10.4. The number of hydrogen-bond donors (Lipinski definition) is 4. The van der Waals surface area contributed by atoms with E-state index in [-0.39, 0.29) is 23.3 Å². The molecule has 0 atom stereocenters. The number of amides is 1. The largest absolute Gasteiger partial charge is 0.383 e. The Balaban J connectivity index is 2.02. The van der Waals surface area contributed by atoms with Crippen LogP contribution in [0.5, 0.6) is 0 Å². The smallest absolute Gasteiger partial charge is 0.235 e. The lowest BCUT2D eigenvalue weighted by atomic mass is 10.2. The van der Waals surface area contributed by atoms with Crippen molar-refractivity contribution in [3.8, 4) is 6.07 Å². The van der Waals surface area contributed by atoms with E-state index in [1.807, 2.05) is 13.8 Å². The van der Waals surface area contributed by atoms with Crippen LogP contribution in [-0.4, -0.2) is 26.6 Å². The van der Waals surface area contributed by atoms with E-state index in [4.69, 9.17) is 16.7 Å². The summed E-state index contributed by atoms with van der Waals surface area (Å²) in [6, 6.07) is 3.51. The van der Waals surface area contributed by atoms with Crippen LogP contribution in [0.15, 0.2) is 11.2 Å². The normalized spacial score (nSPS) is 10.2. The lowest BCUT2D eigenvalue weighted by Gasteiger charge is -2.04. The molecular formula is C13H15N7OS. The van der Waals surface area contributed by atoms with Gasteiger partial charge in [0.2, 0.25) is 5.91 Å². The summed E-state index contributed by atoms with van der Waals surface area (Å²) in [6.45, 7) is 3.65. The number of aromatic nitrogens is 3. The number of nitrogens with two attached hydrogens (primary N) is 2. The van der Waals surface area contributed by atoms with Crippen LogP contribution in [0, 0.1) is 25.2 Å². The van der Waals surface area contributed by atoms with Gasteiger partial charge in [-0.05, 0) is 19.4 Å². The van der Waals surface area contributed by atoms with Gasteiger partial charge in [-0.25, -0.2) is 9.97 Å². The number of carbonyl (C=O) groups excluding carboxylic acids is 1. The molecule has 0 radical (unpaired) electrons. The fourth-order valence-electron chi connectivity index (χ4n) is 1.78. The lowest BCUT2D eigenvalue weighted by Crippen LogP contribution is -2.15. The molecule has 2 rings (SSSR count). The molecule has 0 saturated heterocycles. The van der Waals surface area contributed by atoms with Gasteiger partial charge in [0.1, 0.15) is 23.5 Å². The summed E-state index contributed by atoms with van der Waals surface area (Å²) in [7, 11) is 0. The van der Waals surface area contributed by atoms with Crippen molar-refractivity contribution in [2.24, 2.45) is 0 Å². The van der Waals surface area contributed by atoms with Gasteiger partial charge in [0, 0.05) is 11.8 Å². The highest BCUT2D eigenvalue weighted by atomic mass is 32.2. The van der Waals surface area contributed by atoms with Crippen molar-refractivity contribution in [3.05, 3.63) is 22.9 Å². The van der Waals surface area contributed by atoms with Gasteiger partial charge >= 0.3 is 0 Å². The molecule has 0 fully saturated rings. The summed E-state index contributed by atoms with van der Waals surface area (Å²) < 4.78 is 0. The van der Waals surface area contributed by atoms with E-state index in [0.717, 1.165) is 23.0 Å². The van der Waals surface area contributed by atoms with E-state index in [9.17, 15) is 4.79 Å². The van der Waals surface area contributed by atoms with Gasteiger partial charge in [0.15, 0.2) is 5.16 Å². The van der Waals surface area contributed by atoms with Crippen molar-refractivity contribution < 1.29 is 4.79 Å². The summed E-state index contributed by atoms with van der Waals surface area (Å²) in [6.07, 6.45) is 0. The molecule has 8 nitrogen and oxygen atoms in total. The summed E-state index contributed by atoms with van der Waals surface area (Å²) in [5.74, 6) is 0.685. The molecule has 0 aliphatic rings. The lowest BCUT2D eigenvalue weighted by molar-refractivity contribution is -0.113. The third kappa shape index (κ3) is 3.48. The second kappa shape index (κ2) is 6.36. The molecule has 2 aromatic heterocycles. The molecular weight excluding hydrogens is 302 g/mol. The minimum absolute atomic E-state index is 0.0743. The molecule has 0 unspecified atom stereocenters. The standard InChI is InChI=1S/C13H15N7OS/c1-6-7(2)17-12(8(6)4-14)20-11(21)5-22-13-18-9(15)3-10(16)19-13/h3,17H,5H2,1-2H3,(H,20,21)(H4,15,16,18,19). The highest BCUT2D eigenvalue weighted by Gasteiger charge is 2.14. The van der Waals surface area contributed by atoms with Gasteiger partial charge < -0.3 is 21.8 Å². The van der Waals surface area contributed by atoms with Crippen LogP contribution in [0.4, 0.5) is 17.5 Å². The van der Waals surface area contributed by atoms with Crippen LogP contribution in [0.2, 0.25) is 0 Å². The number of nitriles is 1. The minimum atomic E-state index is -0.285. The van der Waals surface area contributed by atoms with Crippen molar-refractivity contribution in [3.63, 3.8) is 0 Å². The third-order valence-corrected chi connectivity index (χ3v) is 3.80. The molecule has 0 saturated carbocycles. The maximum Gasteiger partial charge on any atom is 0.235 e. The molecule has 1 amide bonds. The van der Waals surface area contributed by atoms with Crippen LogP contribution in [0.25, 0.3) is 0 Å². The predicted octanol–water partition coefficient (Wildman–Crippen LogP) is 1.19. The molecule has 2 aromatic rings. The average molecular weight is 317 g/mol. The molecule has 114 valence electrons. The maximum absolute atomic E-state index is 12.0. The molecule has 0 aromatic carbocycles. The molecule has 2 heterocycles. The van der Waals surface area contributed by atoms with Crippen molar-refractivity contribution in [1.29, 1.82) is 5.26 Å². The second-order valence-corrected chi connectivity index (χ2v) is 5.52. The van der Waals surface area contributed by atoms with Crippen molar-refractivity contribution in [2.45, 2.75) is 19.0 Å². The van der Waals surface area contributed by atoms with Crippen molar-refractivity contribution in [2.75, 3.05) is 22.5 Å². The van der Waals surface area contributed by atoms with Gasteiger partial charge in [-0.3, -0.25) is 4.79 Å². The van der Waals surface area contributed by atoms with Crippen LogP contribution >= 0.6 is 11.8 Å². The first kappa shape index (κ1) is 15.7. The number of thioether (sulfide) groups is 1. The summed E-state index contributed by atoms with van der Waals surface area (Å²) in [5, 5.41) is 12.1. The number of rotatable bonds is 4. The van der Waals surface area contributed by atoms with Gasteiger partial charge in [-0.2, -0.15) is 5.26 Å². The first-order valence-corrected chi connectivity index (χ1v) is 7.31. The molecule has 6 N–H and O–H groups in total. The number of nitrogens with one attached hydrogen (secondary N) is 2. The topological polar surface area (TPSA) is 146 Å². The van der Waals surface area contributed by atoms with Crippen LogP contribution in [0.3, 0.4) is 0 Å². The number of nitrogens with zero attached hydrogens (tertiary/aromatic N) is 3. The van der Waals surface area contributed by atoms with E-state index >= 15 is 0 Å². The number of H-pyrrole nitrogens is 1. The minimum Gasteiger partial charge on any atom is -0.383 e. The summed E-state index contributed by atoms with van der Waals surface area (Å²) >= 11 is 1.11. The van der Waals surface area contributed by atoms with Crippen LogP contribution < -0.4 is 16.8 Å². The van der Waals surface area contributed by atoms with Gasteiger partial charge in [-0.15, -0.1) is 0 Å². The van der Waals surface area contributed by atoms with E-state index in [1.54, 1.807) is 0 Å². The molecule has 0 bridgehead atoms. The number of nitrogen functional groups attached to an aromatic ring is 2. The Labute approximate surface area is 131 Å². The van der Waals surface area contributed by atoms with Crippen molar-refractivity contribution >= 4 is 35.1 Å². The van der Waals surface area contributed by atoms with Crippen LogP contribution in [0.1, 0.15) is 16.8 Å². The number of aromatic amines is 1. The zero-order valence-corrected chi connectivity index (χ0v) is 12.9. The molecule has 9 heteroatoms. The Morgan fingerprint density at radius 1 is 1.41 bits per heavy atom. The molecule has 0 aliphatic carbocycles. The number of carbonyl (C=O) groups is 1. The van der Waals surface area contributed by atoms with Crippen molar-refractivity contribution in [1.82, 2.24) is 15.0 Å². The zero-order chi connectivity index (χ0) is 16.3. The number of aryl methyl sites for hydroxylation is 1. The third-order valence-electron chi connectivity index (χ3n) is 2.95. The zero-order valence-electron chi connectivity index (χ0n) is 12.1. The predicted molar refractivity (Wildman–Crippen MR) is 85.2 cm³/mol. The first-order valence-electron chi connectivity index (χ1n) is 6.32. The highest BCUT2D eigenvalue weighted by molar-refractivity contribution is 7.99. The fourth-order valence-corrected chi connectivity index (χ4v) is 2.46. The Morgan fingerprint density at radius 2 is 2.05 bits per heavy atom.